The van der Waals surface area contributed by atoms with Gasteiger partial charge in [-0.25, -0.2) is 0 Å². The molecule has 3 aromatic rings. The molecule has 24 heavy (non-hydrogen) atoms. The maximum absolute atomic E-state index is 11.5. The zero-order chi connectivity index (χ0) is 16.5. The second-order valence-electron chi connectivity index (χ2n) is 6.13. The predicted molar refractivity (Wildman–Crippen MR) is 94.1 cm³/mol. The Balaban J connectivity index is 1.55. The molecule has 0 fully saturated rings. The Morgan fingerprint density at radius 1 is 1.33 bits per heavy atom. The van der Waals surface area contributed by atoms with E-state index in [0.717, 1.165) is 47.9 Å². The smallest absolute Gasteiger partial charge is 0.169 e. The highest BCUT2D eigenvalue weighted by atomic mass is 32.1. The van der Waals surface area contributed by atoms with Gasteiger partial charge in [-0.3, -0.25) is 9.69 Å². The van der Waals surface area contributed by atoms with Crippen LogP contribution >= 0.6 is 11.3 Å². The number of thiophene rings is 1. The Morgan fingerprint density at radius 3 is 2.92 bits per heavy atom. The first kappa shape index (κ1) is 15.3. The molecule has 2 aromatic heterocycles. The monoisotopic (exact) mass is 338 g/mol. The van der Waals surface area contributed by atoms with Crippen molar-refractivity contribution >= 4 is 17.1 Å². The number of benzene rings is 1. The average molecular weight is 338 g/mol. The van der Waals surface area contributed by atoms with Crippen molar-refractivity contribution in [2.75, 3.05) is 6.54 Å². The predicted octanol–water partition coefficient (Wildman–Crippen LogP) is 4.16. The zero-order valence-corrected chi connectivity index (χ0v) is 14.3. The molecule has 0 spiro atoms. The standard InChI is InChI=1S/C19H18N2O2S/c1-13(22)18-9-14(12-24-18)10-21-8-7-17-16(11-21)19(20-23-17)15-5-3-2-4-6-15/h2-6,9,12H,7-8,10-11H2,1H3. The van der Waals surface area contributed by atoms with Crippen LogP contribution in [0.4, 0.5) is 0 Å². The fraction of sp³-hybridized carbons (Fsp3) is 0.263. The third-order valence-corrected chi connectivity index (χ3v) is 5.44. The molecule has 0 unspecified atom stereocenters. The van der Waals surface area contributed by atoms with Crippen molar-refractivity contribution in [1.29, 1.82) is 0 Å². The molecular formula is C19H18N2O2S. The van der Waals surface area contributed by atoms with E-state index in [1.165, 1.54) is 22.5 Å². The Bertz CT molecular complexity index is 867. The number of ketones is 1. The van der Waals surface area contributed by atoms with Gasteiger partial charge in [-0.15, -0.1) is 11.3 Å². The molecule has 1 aliphatic rings. The molecule has 0 saturated carbocycles. The largest absolute Gasteiger partial charge is 0.360 e. The summed E-state index contributed by atoms with van der Waals surface area (Å²) in [5.41, 5.74) is 4.43. The fourth-order valence-electron chi connectivity index (χ4n) is 3.12. The van der Waals surface area contributed by atoms with E-state index < -0.39 is 0 Å². The molecule has 5 heteroatoms. The van der Waals surface area contributed by atoms with Crippen LogP contribution in [0.3, 0.4) is 0 Å². The van der Waals surface area contributed by atoms with Crippen molar-refractivity contribution in [3.05, 3.63) is 63.5 Å². The summed E-state index contributed by atoms with van der Waals surface area (Å²) in [7, 11) is 0. The summed E-state index contributed by atoms with van der Waals surface area (Å²) in [6.45, 7) is 4.24. The van der Waals surface area contributed by atoms with Gasteiger partial charge in [-0.2, -0.15) is 0 Å². The quantitative estimate of drug-likeness (QED) is 0.670. The van der Waals surface area contributed by atoms with Crippen molar-refractivity contribution in [2.24, 2.45) is 0 Å². The number of aromatic nitrogens is 1. The molecule has 0 radical (unpaired) electrons. The number of hydrogen-bond donors (Lipinski definition) is 0. The van der Waals surface area contributed by atoms with Gasteiger partial charge in [0.15, 0.2) is 5.78 Å². The molecule has 0 aliphatic carbocycles. The Kier molecular flexibility index (Phi) is 4.04. The average Bonchev–Trinajstić information content (AvgIpc) is 3.22. The van der Waals surface area contributed by atoms with Gasteiger partial charge in [0.1, 0.15) is 11.5 Å². The lowest BCUT2D eigenvalue weighted by Gasteiger charge is -2.25. The highest BCUT2D eigenvalue weighted by Gasteiger charge is 2.25. The summed E-state index contributed by atoms with van der Waals surface area (Å²) in [4.78, 5) is 14.7. The lowest BCUT2D eigenvalue weighted by atomic mass is 10.0. The first-order valence-corrected chi connectivity index (χ1v) is 8.92. The summed E-state index contributed by atoms with van der Waals surface area (Å²) in [5.74, 6) is 1.14. The van der Waals surface area contributed by atoms with Gasteiger partial charge in [-0.1, -0.05) is 35.5 Å². The molecule has 4 nitrogen and oxygen atoms in total. The van der Waals surface area contributed by atoms with Crippen molar-refractivity contribution in [1.82, 2.24) is 10.1 Å². The molecular weight excluding hydrogens is 320 g/mol. The maximum Gasteiger partial charge on any atom is 0.169 e. The SMILES string of the molecule is CC(=O)c1cc(CN2CCc3onc(-c4ccccc4)c3C2)cs1. The first-order valence-electron chi connectivity index (χ1n) is 8.04. The van der Waals surface area contributed by atoms with Crippen LogP contribution in [0, 0.1) is 0 Å². The summed E-state index contributed by atoms with van der Waals surface area (Å²) in [6, 6.07) is 12.2. The van der Waals surface area contributed by atoms with E-state index >= 15 is 0 Å². The van der Waals surface area contributed by atoms with Crippen LogP contribution in [0.2, 0.25) is 0 Å². The van der Waals surface area contributed by atoms with Gasteiger partial charge in [0.25, 0.3) is 0 Å². The highest BCUT2D eigenvalue weighted by molar-refractivity contribution is 7.12. The van der Waals surface area contributed by atoms with E-state index in [0.29, 0.717) is 0 Å². The van der Waals surface area contributed by atoms with Gasteiger partial charge in [0.05, 0.1) is 4.88 Å². The normalized spacial score (nSPS) is 14.5. The third-order valence-electron chi connectivity index (χ3n) is 4.36. The van der Waals surface area contributed by atoms with Gasteiger partial charge in [-0.05, 0) is 23.9 Å². The number of fused-ring (bicyclic) bond motifs is 1. The summed E-state index contributed by atoms with van der Waals surface area (Å²) in [6.07, 6.45) is 0.874. The van der Waals surface area contributed by atoms with E-state index in [2.05, 4.69) is 27.6 Å². The topological polar surface area (TPSA) is 46.3 Å². The zero-order valence-electron chi connectivity index (χ0n) is 13.5. The van der Waals surface area contributed by atoms with Gasteiger partial charge >= 0.3 is 0 Å². The molecule has 3 heterocycles. The molecule has 0 bridgehead atoms. The lowest BCUT2D eigenvalue weighted by molar-refractivity contribution is 0.102. The Morgan fingerprint density at radius 2 is 2.17 bits per heavy atom. The second kappa shape index (κ2) is 6.34. The van der Waals surface area contributed by atoms with E-state index in [-0.39, 0.29) is 5.78 Å². The summed E-state index contributed by atoms with van der Waals surface area (Å²) < 4.78 is 5.56. The number of nitrogens with zero attached hydrogens (tertiary/aromatic N) is 2. The number of rotatable bonds is 4. The molecule has 0 amide bonds. The summed E-state index contributed by atoms with van der Waals surface area (Å²) in [5, 5.41) is 6.37. The second-order valence-corrected chi connectivity index (χ2v) is 7.05. The van der Waals surface area contributed by atoms with Crippen molar-refractivity contribution in [2.45, 2.75) is 26.4 Å². The van der Waals surface area contributed by atoms with Crippen molar-refractivity contribution in [3.63, 3.8) is 0 Å². The van der Waals surface area contributed by atoms with Crippen LogP contribution in [0.25, 0.3) is 11.3 Å². The number of carbonyl (C=O) groups is 1. The summed E-state index contributed by atoms with van der Waals surface area (Å²) >= 11 is 1.53. The van der Waals surface area contributed by atoms with E-state index in [4.69, 9.17) is 4.52 Å². The fourth-order valence-corrected chi connectivity index (χ4v) is 3.93. The third kappa shape index (κ3) is 2.92. The van der Waals surface area contributed by atoms with Crippen molar-refractivity contribution in [3.8, 4) is 11.3 Å². The minimum absolute atomic E-state index is 0.137. The minimum atomic E-state index is 0.137. The van der Waals surface area contributed by atoms with Crippen LogP contribution in [0.1, 0.15) is 33.5 Å². The number of Topliss-reactive ketones (excluding diaryl/α,β-unsaturated/α-hetero) is 1. The van der Waals surface area contributed by atoms with Crippen molar-refractivity contribution < 1.29 is 9.32 Å². The van der Waals surface area contributed by atoms with E-state index in [1.54, 1.807) is 6.92 Å². The van der Waals surface area contributed by atoms with Crippen LogP contribution in [-0.4, -0.2) is 22.4 Å². The van der Waals surface area contributed by atoms with Gasteiger partial charge in [0, 0.05) is 37.2 Å². The van der Waals surface area contributed by atoms with Gasteiger partial charge < -0.3 is 4.52 Å². The molecule has 122 valence electrons. The van der Waals surface area contributed by atoms with Crippen LogP contribution in [0.15, 0.2) is 46.3 Å². The molecule has 1 aliphatic heterocycles. The van der Waals surface area contributed by atoms with Gasteiger partial charge in [0.2, 0.25) is 0 Å². The first-order chi connectivity index (χ1) is 11.7. The number of carbonyl (C=O) groups excluding carboxylic acids is 1. The maximum atomic E-state index is 11.5. The van der Waals surface area contributed by atoms with Crippen LogP contribution < -0.4 is 0 Å². The Hall–Kier alpha value is -2.24. The van der Waals surface area contributed by atoms with E-state index in [9.17, 15) is 4.79 Å². The molecule has 0 atom stereocenters. The Labute approximate surface area is 144 Å². The van der Waals surface area contributed by atoms with E-state index in [1.807, 2.05) is 24.3 Å². The number of hydrogen-bond acceptors (Lipinski definition) is 5. The molecule has 1 aromatic carbocycles. The van der Waals surface area contributed by atoms with Crippen LogP contribution in [-0.2, 0) is 19.5 Å². The minimum Gasteiger partial charge on any atom is -0.360 e. The lowest BCUT2D eigenvalue weighted by Crippen LogP contribution is -2.29. The highest BCUT2D eigenvalue weighted by Crippen LogP contribution is 2.30. The molecule has 4 rings (SSSR count). The molecule has 0 N–H and O–H groups in total. The van der Waals surface area contributed by atoms with Crippen LogP contribution in [0.5, 0.6) is 0 Å². The molecule has 0 saturated heterocycles.